The van der Waals surface area contributed by atoms with Gasteiger partial charge in [-0.1, -0.05) is 0 Å². The topological polar surface area (TPSA) is 70.8 Å². The third-order valence-corrected chi connectivity index (χ3v) is 3.65. The molecular weight excluding hydrogens is 361 g/mol. The Morgan fingerprint density at radius 3 is 2.20 bits per heavy atom. The van der Waals surface area contributed by atoms with Gasteiger partial charge in [0.2, 0.25) is 5.91 Å². The number of carbonyl (C=O) groups is 1. The molecule has 0 atom stereocenters. The van der Waals surface area contributed by atoms with Gasteiger partial charge in [0.25, 0.3) is 0 Å². The Labute approximate surface area is 150 Å². The summed E-state index contributed by atoms with van der Waals surface area (Å²) in [6.07, 6.45) is -4.73. The lowest BCUT2D eigenvalue weighted by molar-refractivity contribution is -0.274. The summed E-state index contributed by atoms with van der Waals surface area (Å²) in [5.41, 5.74) is 5.94. The summed E-state index contributed by atoms with van der Waals surface area (Å²) in [6, 6.07) is 5.07. The quantitative estimate of drug-likeness (QED) is 0.780. The van der Waals surface area contributed by atoms with E-state index in [4.69, 9.17) is 5.73 Å². The van der Waals surface area contributed by atoms with Crippen LogP contribution in [0.3, 0.4) is 0 Å². The molecule has 0 unspecified atom stereocenters. The summed E-state index contributed by atoms with van der Waals surface area (Å²) in [5.74, 6) is -0.525. The van der Waals surface area contributed by atoms with Crippen molar-refractivity contribution in [2.24, 2.45) is 5.73 Å². The number of nitrogens with zero attached hydrogens (tertiary/aromatic N) is 2. The normalized spacial score (nSPS) is 16.2. The van der Waals surface area contributed by atoms with Gasteiger partial charge < -0.3 is 15.8 Å². The van der Waals surface area contributed by atoms with E-state index < -0.39 is 6.36 Å². The Hall–Kier alpha value is -1.55. The number of anilines is 1. The number of hydrogen-bond donors (Lipinski definition) is 2. The van der Waals surface area contributed by atoms with E-state index in [0.717, 1.165) is 44.9 Å². The van der Waals surface area contributed by atoms with Crippen molar-refractivity contribution < 1.29 is 22.7 Å². The largest absolute Gasteiger partial charge is 0.573 e. The Morgan fingerprint density at radius 1 is 1.12 bits per heavy atom. The first-order chi connectivity index (χ1) is 11.4. The molecule has 3 N–H and O–H groups in total. The van der Waals surface area contributed by atoms with Gasteiger partial charge in [-0.3, -0.25) is 14.6 Å². The van der Waals surface area contributed by atoms with E-state index in [1.54, 1.807) is 0 Å². The Bertz CT molecular complexity index is 535. The number of halogens is 4. The highest BCUT2D eigenvalue weighted by Gasteiger charge is 2.31. The number of nitrogens with one attached hydrogen (secondary N) is 1. The van der Waals surface area contributed by atoms with Crippen molar-refractivity contribution in [3.8, 4) is 5.75 Å². The summed E-state index contributed by atoms with van der Waals surface area (Å²) >= 11 is 0. The molecule has 0 aliphatic carbocycles. The zero-order chi connectivity index (χ0) is 17.6. The first-order valence-electron chi connectivity index (χ1n) is 7.66. The van der Waals surface area contributed by atoms with Gasteiger partial charge in [-0.15, -0.1) is 25.6 Å². The molecule has 1 heterocycles. The van der Waals surface area contributed by atoms with E-state index in [-0.39, 0.29) is 30.6 Å². The number of carbonyl (C=O) groups excluding carboxylic acids is 1. The Kier molecular flexibility index (Phi) is 8.43. The summed E-state index contributed by atoms with van der Waals surface area (Å²) in [7, 11) is 0. The first kappa shape index (κ1) is 21.5. The molecule has 0 radical (unpaired) electrons. The van der Waals surface area contributed by atoms with Gasteiger partial charge in [0.15, 0.2) is 0 Å². The minimum atomic E-state index is -4.73. The average Bonchev–Trinajstić information content (AvgIpc) is 2.50. The average molecular weight is 383 g/mol. The predicted molar refractivity (Wildman–Crippen MR) is 90.9 cm³/mol. The molecular formula is C15H22ClF3N4O2. The van der Waals surface area contributed by atoms with E-state index in [0.29, 0.717) is 12.2 Å². The van der Waals surface area contributed by atoms with Crippen molar-refractivity contribution in [3.63, 3.8) is 0 Å². The van der Waals surface area contributed by atoms with Crippen molar-refractivity contribution in [2.45, 2.75) is 6.36 Å². The molecule has 0 saturated carbocycles. The van der Waals surface area contributed by atoms with Gasteiger partial charge in [-0.05, 0) is 24.3 Å². The van der Waals surface area contributed by atoms with Crippen LogP contribution in [-0.2, 0) is 4.79 Å². The fraction of sp³-hybridized carbons (Fsp3) is 0.533. The van der Waals surface area contributed by atoms with Gasteiger partial charge in [0, 0.05) is 45.0 Å². The Balaban J connectivity index is 0.00000312. The number of rotatable bonds is 6. The third kappa shape index (κ3) is 7.91. The smallest absolute Gasteiger partial charge is 0.406 e. The maximum atomic E-state index is 12.1. The van der Waals surface area contributed by atoms with Crippen molar-refractivity contribution in [1.82, 2.24) is 9.80 Å². The van der Waals surface area contributed by atoms with E-state index >= 15 is 0 Å². The monoisotopic (exact) mass is 382 g/mol. The summed E-state index contributed by atoms with van der Waals surface area (Å²) in [5, 5.41) is 2.66. The van der Waals surface area contributed by atoms with Crippen LogP contribution in [0.15, 0.2) is 24.3 Å². The van der Waals surface area contributed by atoms with Crippen LogP contribution in [0.25, 0.3) is 0 Å². The maximum absolute atomic E-state index is 12.1. The highest BCUT2D eigenvalue weighted by atomic mass is 35.5. The number of ether oxygens (including phenoxy) is 1. The first-order valence-corrected chi connectivity index (χ1v) is 7.66. The number of benzene rings is 1. The lowest BCUT2D eigenvalue weighted by Gasteiger charge is -2.33. The van der Waals surface area contributed by atoms with Crippen LogP contribution >= 0.6 is 12.4 Å². The van der Waals surface area contributed by atoms with Crippen molar-refractivity contribution >= 4 is 24.0 Å². The fourth-order valence-electron chi connectivity index (χ4n) is 2.50. The van der Waals surface area contributed by atoms with E-state index in [1.165, 1.54) is 12.1 Å². The molecule has 1 aromatic rings. The molecule has 142 valence electrons. The van der Waals surface area contributed by atoms with Crippen LogP contribution in [0.5, 0.6) is 5.75 Å². The molecule has 2 rings (SSSR count). The van der Waals surface area contributed by atoms with Crippen molar-refractivity contribution in [3.05, 3.63) is 24.3 Å². The highest BCUT2D eigenvalue weighted by Crippen LogP contribution is 2.23. The summed E-state index contributed by atoms with van der Waals surface area (Å²) in [6.45, 7) is 5.03. The van der Waals surface area contributed by atoms with Crippen molar-refractivity contribution in [1.29, 1.82) is 0 Å². The van der Waals surface area contributed by atoms with E-state index in [1.807, 2.05) is 4.90 Å². The molecule has 1 saturated heterocycles. The number of piperazine rings is 1. The molecule has 1 fully saturated rings. The molecule has 10 heteroatoms. The molecule has 1 amide bonds. The molecule has 25 heavy (non-hydrogen) atoms. The summed E-state index contributed by atoms with van der Waals surface area (Å²) in [4.78, 5) is 16.3. The number of nitrogens with two attached hydrogens (primary N) is 1. The second-order valence-corrected chi connectivity index (χ2v) is 5.53. The zero-order valence-corrected chi connectivity index (χ0v) is 14.4. The SMILES string of the molecule is Cl.NCCN1CCN(CC(=O)Nc2ccc(OC(F)(F)F)cc2)CC1. The summed E-state index contributed by atoms with van der Waals surface area (Å²) < 4.78 is 40.0. The lowest BCUT2D eigenvalue weighted by Crippen LogP contribution is -2.49. The second-order valence-electron chi connectivity index (χ2n) is 5.53. The van der Waals surface area contributed by atoms with Crippen LogP contribution < -0.4 is 15.8 Å². The lowest BCUT2D eigenvalue weighted by atomic mass is 10.3. The number of hydrogen-bond acceptors (Lipinski definition) is 5. The van der Waals surface area contributed by atoms with Crippen LogP contribution in [-0.4, -0.2) is 67.9 Å². The molecule has 6 nitrogen and oxygen atoms in total. The zero-order valence-electron chi connectivity index (χ0n) is 13.6. The molecule has 1 aliphatic rings. The number of amides is 1. The van der Waals surface area contributed by atoms with Crippen LogP contribution in [0.2, 0.25) is 0 Å². The Morgan fingerprint density at radius 2 is 1.68 bits per heavy atom. The second kappa shape index (κ2) is 9.81. The molecule has 1 aliphatic heterocycles. The van der Waals surface area contributed by atoms with Crippen LogP contribution in [0.1, 0.15) is 0 Å². The van der Waals surface area contributed by atoms with E-state index in [2.05, 4.69) is 15.0 Å². The van der Waals surface area contributed by atoms with Gasteiger partial charge in [-0.25, -0.2) is 0 Å². The van der Waals surface area contributed by atoms with Crippen LogP contribution in [0.4, 0.5) is 18.9 Å². The van der Waals surface area contributed by atoms with Gasteiger partial charge in [0.1, 0.15) is 5.75 Å². The van der Waals surface area contributed by atoms with Crippen LogP contribution in [0, 0.1) is 0 Å². The molecule has 0 spiro atoms. The highest BCUT2D eigenvalue weighted by molar-refractivity contribution is 5.92. The minimum absolute atomic E-state index is 0. The molecule has 0 bridgehead atoms. The standard InChI is InChI=1S/C15H21F3N4O2.ClH/c16-15(17,18)24-13-3-1-12(2-4-13)20-14(23)11-22-9-7-21(6-5-19)8-10-22;/h1-4H,5-11,19H2,(H,20,23);1H. The fourth-order valence-corrected chi connectivity index (χ4v) is 2.50. The van der Waals surface area contributed by atoms with Gasteiger partial charge in [0.05, 0.1) is 6.54 Å². The molecule has 0 aromatic heterocycles. The van der Waals surface area contributed by atoms with Gasteiger partial charge in [-0.2, -0.15) is 0 Å². The molecule has 1 aromatic carbocycles. The third-order valence-electron chi connectivity index (χ3n) is 3.65. The number of alkyl halides is 3. The predicted octanol–water partition coefficient (Wildman–Crippen LogP) is 1.52. The van der Waals surface area contributed by atoms with E-state index in [9.17, 15) is 18.0 Å². The van der Waals surface area contributed by atoms with Gasteiger partial charge >= 0.3 is 6.36 Å². The van der Waals surface area contributed by atoms with Crippen molar-refractivity contribution in [2.75, 3.05) is 51.1 Å². The maximum Gasteiger partial charge on any atom is 0.573 e. The minimum Gasteiger partial charge on any atom is -0.406 e.